The molecule has 1 saturated heterocycles. The molecule has 1 aliphatic rings. The maximum Gasteiger partial charge on any atom is 0.0927 e. The molecule has 0 aliphatic carbocycles. The fraction of sp³-hybridized carbons (Fsp3) is 1.00. The molecule has 0 amide bonds. The minimum absolute atomic E-state index is 0.0275. The van der Waals surface area contributed by atoms with Gasteiger partial charge in [-0.3, -0.25) is 0 Å². The first kappa shape index (κ1) is 11.0. The lowest BCUT2D eigenvalue weighted by molar-refractivity contribution is -0.0349. The van der Waals surface area contributed by atoms with Crippen molar-refractivity contribution in [3.05, 3.63) is 0 Å². The van der Waals surface area contributed by atoms with Crippen LogP contribution in [0.25, 0.3) is 0 Å². The average molecular weight is 186 g/mol. The van der Waals surface area contributed by atoms with Crippen molar-refractivity contribution in [2.45, 2.75) is 58.2 Å². The summed E-state index contributed by atoms with van der Waals surface area (Å²) in [5.41, 5.74) is -0.533. The molecule has 0 aromatic rings. The molecule has 2 atom stereocenters. The zero-order chi connectivity index (χ0) is 9.90. The Morgan fingerprint density at radius 2 is 2.23 bits per heavy atom. The summed E-state index contributed by atoms with van der Waals surface area (Å²) in [6, 6.07) is 0. The van der Waals surface area contributed by atoms with Crippen LogP contribution < -0.4 is 0 Å². The predicted molar refractivity (Wildman–Crippen MR) is 53.7 cm³/mol. The first-order valence-corrected chi connectivity index (χ1v) is 5.38. The Morgan fingerprint density at radius 1 is 1.54 bits per heavy atom. The number of hydrogen-bond donors (Lipinski definition) is 1. The van der Waals surface area contributed by atoms with Gasteiger partial charge in [0.25, 0.3) is 0 Å². The summed E-state index contributed by atoms with van der Waals surface area (Å²) in [5, 5.41) is 10.1. The van der Waals surface area contributed by atoms with Gasteiger partial charge in [0.1, 0.15) is 0 Å². The SMILES string of the molecule is CC(C)CCCC1(O)CCOC1C. The summed E-state index contributed by atoms with van der Waals surface area (Å²) in [6.07, 6.45) is 4.05. The lowest BCUT2D eigenvalue weighted by Gasteiger charge is -2.26. The smallest absolute Gasteiger partial charge is 0.0927 e. The summed E-state index contributed by atoms with van der Waals surface area (Å²) in [7, 11) is 0. The van der Waals surface area contributed by atoms with E-state index in [9.17, 15) is 5.11 Å². The van der Waals surface area contributed by atoms with E-state index in [4.69, 9.17) is 4.74 Å². The van der Waals surface area contributed by atoms with E-state index in [1.54, 1.807) is 0 Å². The van der Waals surface area contributed by atoms with Crippen LogP contribution >= 0.6 is 0 Å². The van der Waals surface area contributed by atoms with Crippen LogP contribution in [0.2, 0.25) is 0 Å². The van der Waals surface area contributed by atoms with Crippen molar-refractivity contribution in [1.29, 1.82) is 0 Å². The standard InChI is InChI=1S/C11H22O2/c1-9(2)5-4-6-11(12)7-8-13-10(11)3/h9-10,12H,4-8H2,1-3H3. The summed E-state index contributed by atoms with van der Waals surface area (Å²) in [5.74, 6) is 0.737. The molecule has 1 aliphatic heterocycles. The van der Waals surface area contributed by atoms with Gasteiger partial charge in [-0.25, -0.2) is 0 Å². The van der Waals surface area contributed by atoms with Crippen LogP contribution in [0.4, 0.5) is 0 Å². The number of aliphatic hydroxyl groups is 1. The third-order valence-corrected chi connectivity index (χ3v) is 3.05. The molecule has 0 aromatic carbocycles. The van der Waals surface area contributed by atoms with Crippen LogP contribution in [-0.4, -0.2) is 23.4 Å². The van der Waals surface area contributed by atoms with E-state index in [0.29, 0.717) is 0 Å². The quantitative estimate of drug-likeness (QED) is 0.730. The van der Waals surface area contributed by atoms with Crippen LogP contribution in [-0.2, 0) is 4.74 Å². The third kappa shape index (κ3) is 2.96. The molecule has 13 heavy (non-hydrogen) atoms. The van der Waals surface area contributed by atoms with Crippen LogP contribution in [0.3, 0.4) is 0 Å². The second kappa shape index (κ2) is 4.43. The summed E-state index contributed by atoms with van der Waals surface area (Å²) >= 11 is 0. The zero-order valence-electron chi connectivity index (χ0n) is 9.05. The molecule has 2 unspecified atom stereocenters. The van der Waals surface area contributed by atoms with Gasteiger partial charge in [0, 0.05) is 13.0 Å². The third-order valence-electron chi connectivity index (χ3n) is 3.05. The van der Waals surface area contributed by atoms with E-state index in [1.807, 2.05) is 6.92 Å². The second-order valence-electron chi connectivity index (χ2n) is 4.65. The van der Waals surface area contributed by atoms with Gasteiger partial charge in [-0.1, -0.05) is 26.7 Å². The molecular formula is C11H22O2. The van der Waals surface area contributed by atoms with E-state index < -0.39 is 5.60 Å². The molecule has 0 radical (unpaired) electrons. The van der Waals surface area contributed by atoms with Gasteiger partial charge < -0.3 is 9.84 Å². The first-order chi connectivity index (χ1) is 6.04. The first-order valence-electron chi connectivity index (χ1n) is 5.38. The van der Waals surface area contributed by atoms with Crippen molar-refractivity contribution >= 4 is 0 Å². The van der Waals surface area contributed by atoms with Gasteiger partial charge in [-0.05, 0) is 19.3 Å². The van der Waals surface area contributed by atoms with Gasteiger partial charge in [-0.2, -0.15) is 0 Å². The summed E-state index contributed by atoms with van der Waals surface area (Å²) in [4.78, 5) is 0. The molecule has 1 N–H and O–H groups in total. The van der Waals surface area contributed by atoms with E-state index in [-0.39, 0.29) is 6.10 Å². The van der Waals surface area contributed by atoms with E-state index in [0.717, 1.165) is 31.8 Å². The average Bonchev–Trinajstić information content (AvgIpc) is 2.32. The largest absolute Gasteiger partial charge is 0.387 e. The van der Waals surface area contributed by atoms with E-state index in [2.05, 4.69) is 13.8 Å². The number of ether oxygens (including phenoxy) is 1. The highest BCUT2D eigenvalue weighted by molar-refractivity contribution is 4.89. The van der Waals surface area contributed by atoms with Crippen molar-refractivity contribution in [3.8, 4) is 0 Å². The van der Waals surface area contributed by atoms with Crippen molar-refractivity contribution in [2.24, 2.45) is 5.92 Å². The Balaban J connectivity index is 2.26. The Labute approximate surface area is 81.3 Å². The van der Waals surface area contributed by atoms with E-state index >= 15 is 0 Å². The highest BCUT2D eigenvalue weighted by Gasteiger charge is 2.38. The van der Waals surface area contributed by atoms with Gasteiger partial charge in [0.15, 0.2) is 0 Å². The molecule has 0 saturated carbocycles. The lowest BCUT2D eigenvalue weighted by atomic mass is 9.89. The number of rotatable bonds is 4. The van der Waals surface area contributed by atoms with Gasteiger partial charge in [-0.15, -0.1) is 0 Å². The molecule has 78 valence electrons. The summed E-state index contributed by atoms with van der Waals surface area (Å²) < 4.78 is 5.38. The highest BCUT2D eigenvalue weighted by atomic mass is 16.5. The van der Waals surface area contributed by atoms with Crippen LogP contribution in [0.1, 0.15) is 46.5 Å². The van der Waals surface area contributed by atoms with Crippen LogP contribution in [0.5, 0.6) is 0 Å². The molecule has 2 nitrogen and oxygen atoms in total. The highest BCUT2D eigenvalue weighted by Crippen LogP contribution is 2.30. The van der Waals surface area contributed by atoms with Gasteiger partial charge in [0.2, 0.25) is 0 Å². The normalized spacial score (nSPS) is 34.4. The fourth-order valence-corrected chi connectivity index (χ4v) is 1.92. The Morgan fingerprint density at radius 3 is 2.69 bits per heavy atom. The minimum atomic E-state index is -0.533. The van der Waals surface area contributed by atoms with Gasteiger partial charge in [0.05, 0.1) is 11.7 Å². The molecule has 0 aromatic heterocycles. The fourth-order valence-electron chi connectivity index (χ4n) is 1.92. The van der Waals surface area contributed by atoms with Crippen LogP contribution in [0.15, 0.2) is 0 Å². The molecular weight excluding hydrogens is 164 g/mol. The molecule has 0 spiro atoms. The molecule has 1 heterocycles. The Kier molecular flexibility index (Phi) is 3.74. The van der Waals surface area contributed by atoms with E-state index in [1.165, 1.54) is 6.42 Å². The van der Waals surface area contributed by atoms with Crippen molar-refractivity contribution in [1.82, 2.24) is 0 Å². The minimum Gasteiger partial charge on any atom is -0.387 e. The maximum atomic E-state index is 10.1. The van der Waals surface area contributed by atoms with Crippen molar-refractivity contribution in [2.75, 3.05) is 6.61 Å². The summed E-state index contributed by atoms with van der Waals surface area (Å²) in [6.45, 7) is 7.14. The lowest BCUT2D eigenvalue weighted by Crippen LogP contribution is -2.35. The molecule has 2 heteroatoms. The topological polar surface area (TPSA) is 29.5 Å². The monoisotopic (exact) mass is 186 g/mol. The van der Waals surface area contributed by atoms with Crippen molar-refractivity contribution in [3.63, 3.8) is 0 Å². The predicted octanol–water partition coefficient (Wildman–Crippen LogP) is 2.35. The number of hydrogen-bond acceptors (Lipinski definition) is 2. The second-order valence-corrected chi connectivity index (χ2v) is 4.65. The van der Waals surface area contributed by atoms with Crippen LogP contribution in [0, 0.1) is 5.92 Å². The molecule has 1 fully saturated rings. The molecule has 1 rings (SSSR count). The maximum absolute atomic E-state index is 10.1. The van der Waals surface area contributed by atoms with Gasteiger partial charge >= 0.3 is 0 Å². The Hall–Kier alpha value is -0.0800. The molecule has 0 bridgehead atoms. The zero-order valence-corrected chi connectivity index (χ0v) is 9.05. The van der Waals surface area contributed by atoms with Crippen molar-refractivity contribution < 1.29 is 9.84 Å². The Bertz CT molecular complexity index is 156.